The zero-order valence-electron chi connectivity index (χ0n) is 14.1. The summed E-state index contributed by atoms with van der Waals surface area (Å²) in [5.74, 6) is 0.546. The Kier molecular flexibility index (Phi) is 4.61. The normalized spacial score (nSPS) is 10.7. The number of nitrogens with zero attached hydrogens (tertiary/aromatic N) is 2. The lowest BCUT2D eigenvalue weighted by atomic mass is 10.2. The second-order valence-corrected chi connectivity index (χ2v) is 5.84. The average Bonchev–Trinajstić information content (AvgIpc) is 3.18. The molecule has 3 aromatic carbocycles. The molecular weight excluding hydrogens is 350 g/mol. The van der Waals surface area contributed by atoms with Crippen LogP contribution in [0, 0.1) is 11.6 Å². The summed E-state index contributed by atoms with van der Waals surface area (Å²) in [4.78, 5) is 4.29. The quantitative estimate of drug-likeness (QED) is 0.485. The highest BCUT2D eigenvalue weighted by Crippen LogP contribution is 2.24. The minimum atomic E-state index is -0.372. The molecule has 0 saturated heterocycles. The Bertz CT molecular complexity index is 1060. The fourth-order valence-corrected chi connectivity index (χ4v) is 2.56. The molecule has 6 heteroatoms. The van der Waals surface area contributed by atoms with E-state index >= 15 is 0 Å². The van der Waals surface area contributed by atoms with Crippen molar-refractivity contribution in [3.05, 3.63) is 90.0 Å². The zero-order chi connectivity index (χ0) is 18.6. The molecule has 0 N–H and O–H groups in total. The molecular formula is C21H14F2N2O2. The van der Waals surface area contributed by atoms with Crippen LogP contribution in [0.5, 0.6) is 5.75 Å². The third-order valence-electron chi connectivity index (χ3n) is 3.96. The topological polar surface area (TPSA) is 48.2 Å². The molecule has 0 atom stereocenters. The van der Waals surface area contributed by atoms with Gasteiger partial charge in [-0.25, -0.2) is 8.78 Å². The van der Waals surface area contributed by atoms with Crippen molar-refractivity contribution in [1.82, 2.24) is 10.1 Å². The zero-order valence-corrected chi connectivity index (χ0v) is 14.1. The number of halogens is 2. The summed E-state index contributed by atoms with van der Waals surface area (Å²) in [6.45, 7) is 0.137. The molecule has 4 aromatic rings. The van der Waals surface area contributed by atoms with Gasteiger partial charge in [0.1, 0.15) is 24.0 Å². The van der Waals surface area contributed by atoms with Gasteiger partial charge in [-0.15, -0.1) is 0 Å². The van der Waals surface area contributed by atoms with Gasteiger partial charge in [0.25, 0.3) is 5.89 Å². The van der Waals surface area contributed by atoms with Crippen LogP contribution in [-0.4, -0.2) is 10.1 Å². The molecule has 0 spiro atoms. The van der Waals surface area contributed by atoms with E-state index in [0.717, 1.165) is 5.56 Å². The van der Waals surface area contributed by atoms with Gasteiger partial charge in [0, 0.05) is 16.7 Å². The summed E-state index contributed by atoms with van der Waals surface area (Å²) in [5.41, 5.74) is 1.72. The lowest BCUT2D eigenvalue weighted by Crippen LogP contribution is -1.98. The number of hydrogen-bond acceptors (Lipinski definition) is 4. The van der Waals surface area contributed by atoms with E-state index in [1.807, 2.05) is 0 Å². The van der Waals surface area contributed by atoms with Crippen LogP contribution in [0.15, 0.2) is 77.3 Å². The number of hydrogen-bond donors (Lipinski definition) is 0. The van der Waals surface area contributed by atoms with Gasteiger partial charge >= 0.3 is 0 Å². The first-order chi connectivity index (χ1) is 13.2. The van der Waals surface area contributed by atoms with Crippen molar-refractivity contribution in [2.45, 2.75) is 6.61 Å². The standard InChI is InChI=1S/C21H14F2N2O2/c22-17-6-3-5-15(12-17)21-24-20(25-27-21)14-8-10-18(11-9-14)26-13-16-4-1-2-7-19(16)23/h1-12H,13H2. The molecule has 0 aliphatic carbocycles. The summed E-state index contributed by atoms with van der Waals surface area (Å²) in [5, 5.41) is 3.93. The van der Waals surface area contributed by atoms with Gasteiger partial charge in [-0.1, -0.05) is 29.4 Å². The van der Waals surface area contributed by atoms with E-state index in [4.69, 9.17) is 9.26 Å². The third kappa shape index (κ3) is 3.84. The molecule has 4 nitrogen and oxygen atoms in total. The molecule has 0 radical (unpaired) electrons. The van der Waals surface area contributed by atoms with Crippen LogP contribution >= 0.6 is 0 Å². The van der Waals surface area contributed by atoms with Crippen LogP contribution in [0.4, 0.5) is 8.78 Å². The second kappa shape index (κ2) is 7.37. The molecule has 134 valence electrons. The molecule has 4 rings (SSSR count). The van der Waals surface area contributed by atoms with Crippen molar-refractivity contribution in [1.29, 1.82) is 0 Å². The van der Waals surface area contributed by atoms with E-state index in [1.165, 1.54) is 18.2 Å². The first kappa shape index (κ1) is 16.9. The van der Waals surface area contributed by atoms with Crippen LogP contribution in [0.1, 0.15) is 5.56 Å². The van der Waals surface area contributed by atoms with Gasteiger partial charge in [0.2, 0.25) is 5.82 Å². The van der Waals surface area contributed by atoms with Crippen molar-refractivity contribution < 1.29 is 18.0 Å². The van der Waals surface area contributed by atoms with Gasteiger partial charge in [-0.2, -0.15) is 4.98 Å². The van der Waals surface area contributed by atoms with Gasteiger partial charge in [-0.05, 0) is 48.5 Å². The summed E-state index contributed by atoms with van der Waals surface area (Å²) >= 11 is 0. The lowest BCUT2D eigenvalue weighted by Gasteiger charge is -2.07. The van der Waals surface area contributed by atoms with Crippen LogP contribution < -0.4 is 4.74 Å². The molecule has 27 heavy (non-hydrogen) atoms. The fourth-order valence-electron chi connectivity index (χ4n) is 2.56. The molecule has 0 aliphatic rings. The average molecular weight is 364 g/mol. The Balaban J connectivity index is 1.47. The minimum Gasteiger partial charge on any atom is -0.489 e. The SMILES string of the molecule is Fc1cccc(-c2nc(-c3ccc(OCc4ccccc4F)cc3)no2)c1. The molecule has 1 aromatic heterocycles. The van der Waals surface area contributed by atoms with E-state index in [-0.39, 0.29) is 24.1 Å². The maximum absolute atomic E-state index is 13.6. The fraction of sp³-hybridized carbons (Fsp3) is 0.0476. The summed E-state index contributed by atoms with van der Waals surface area (Å²) in [7, 11) is 0. The van der Waals surface area contributed by atoms with Gasteiger partial charge in [-0.3, -0.25) is 0 Å². The number of ether oxygens (including phenoxy) is 1. The van der Waals surface area contributed by atoms with Gasteiger partial charge in [0.15, 0.2) is 0 Å². The molecule has 1 heterocycles. The Morgan fingerprint density at radius 3 is 2.44 bits per heavy atom. The Morgan fingerprint density at radius 1 is 0.852 bits per heavy atom. The highest BCUT2D eigenvalue weighted by atomic mass is 19.1. The number of aromatic nitrogens is 2. The predicted molar refractivity (Wildman–Crippen MR) is 95.9 cm³/mol. The molecule has 0 aliphatic heterocycles. The first-order valence-corrected chi connectivity index (χ1v) is 8.25. The van der Waals surface area contributed by atoms with E-state index in [9.17, 15) is 8.78 Å². The summed E-state index contributed by atoms with van der Waals surface area (Å²) < 4.78 is 37.7. The summed E-state index contributed by atoms with van der Waals surface area (Å²) in [6.07, 6.45) is 0. The monoisotopic (exact) mass is 364 g/mol. The van der Waals surface area contributed by atoms with E-state index in [0.29, 0.717) is 22.7 Å². The highest BCUT2D eigenvalue weighted by molar-refractivity contribution is 5.60. The maximum Gasteiger partial charge on any atom is 0.258 e. The molecule has 0 amide bonds. The molecule has 0 saturated carbocycles. The Hall–Kier alpha value is -3.54. The van der Waals surface area contributed by atoms with Crippen LogP contribution in [0.2, 0.25) is 0 Å². The third-order valence-corrected chi connectivity index (χ3v) is 3.96. The van der Waals surface area contributed by atoms with Crippen molar-refractivity contribution in [2.75, 3.05) is 0 Å². The smallest absolute Gasteiger partial charge is 0.258 e. The minimum absolute atomic E-state index is 0.137. The van der Waals surface area contributed by atoms with Gasteiger partial charge < -0.3 is 9.26 Å². The molecule has 0 unspecified atom stereocenters. The predicted octanol–water partition coefficient (Wildman–Crippen LogP) is 5.26. The first-order valence-electron chi connectivity index (χ1n) is 8.25. The van der Waals surface area contributed by atoms with E-state index in [1.54, 1.807) is 54.6 Å². The largest absolute Gasteiger partial charge is 0.489 e. The van der Waals surface area contributed by atoms with Crippen LogP contribution in [0.3, 0.4) is 0 Å². The van der Waals surface area contributed by atoms with Crippen molar-refractivity contribution >= 4 is 0 Å². The second-order valence-electron chi connectivity index (χ2n) is 5.84. The van der Waals surface area contributed by atoms with Crippen molar-refractivity contribution in [3.8, 4) is 28.6 Å². The van der Waals surface area contributed by atoms with Crippen molar-refractivity contribution in [3.63, 3.8) is 0 Å². The molecule has 0 bridgehead atoms. The highest BCUT2D eigenvalue weighted by Gasteiger charge is 2.11. The Morgan fingerprint density at radius 2 is 1.67 bits per heavy atom. The van der Waals surface area contributed by atoms with E-state index in [2.05, 4.69) is 10.1 Å². The molecule has 0 fully saturated rings. The maximum atomic E-state index is 13.6. The van der Waals surface area contributed by atoms with Crippen LogP contribution in [0.25, 0.3) is 22.8 Å². The van der Waals surface area contributed by atoms with Crippen molar-refractivity contribution in [2.24, 2.45) is 0 Å². The Labute approximate surface area is 154 Å². The lowest BCUT2D eigenvalue weighted by molar-refractivity contribution is 0.300. The van der Waals surface area contributed by atoms with Crippen LogP contribution in [-0.2, 0) is 6.61 Å². The summed E-state index contributed by atoms with van der Waals surface area (Å²) in [6, 6.07) is 19.5. The van der Waals surface area contributed by atoms with Gasteiger partial charge in [0.05, 0.1) is 0 Å². The van der Waals surface area contributed by atoms with E-state index < -0.39 is 0 Å². The number of benzene rings is 3. The number of rotatable bonds is 5.